The molecular formula is C26H19Cl2N3O2S. The first-order chi connectivity index (χ1) is 16.4. The van der Waals surface area contributed by atoms with Crippen molar-refractivity contribution in [3.63, 3.8) is 0 Å². The summed E-state index contributed by atoms with van der Waals surface area (Å²) >= 11 is 14.1. The van der Waals surface area contributed by atoms with Crippen LogP contribution in [0.25, 0.3) is 22.4 Å². The quantitative estimate of drug-likeness (QED) is 0.281. The fourth-order valence-electron chi connectivity index (χ4n) is 3.55. The van der Waals surface area contributed by atoms with Gasteiger partial charge < -0.3 is 11.1 Å². The summed E-state index contributed by atoms with van der Waals surface area (Å²) in [4.78, 5) is 30.7. The van der Waals surface area contributed by atoms with Crippen molar-refractivity contribution >= 4 is 52.5 Å². The molecule has 0 fully saturated rings. The third-order valence-corrected chi connectivity index (χ3v) is 6.46. The SMILES string of the molecule is CSc1ccc(C(=O)Nc2ccc(Cl)c(-c3ccccn3)c2)c(-c2cc(Cl)ccc2C(N)=O)c1. The Kier molecular flexibility index (Phi) is 7.22. The van der Waals surface area contributed by atoms with Crippen LogP contribution in [0.3, 0.4) is 0 Å². The van der Waals surface area contributed by atoms with Gasteiger partial charge in [-0.05, 0) is 84.1 Å². The molecular weight excluding hydrogens is 489 g/mol. The molecule has 4 aromatic rings. The molecule has 0 aliphatic heterocycles. The van der Waals surface area contributed by atoms with Crippen LogP contribution in [-0.2, 0) is 0 Å². The van der Waals surface area contributed by atoms with Crippen molar-refractivity contribution in [1.82, 2.24) is 4.98 Å². The number of nitrogens with zero attached hydrogens (tertiary/aromatic N) is 1. The Bertz CT molecular complexity index is 1390. The van der Waals surface area contributed by atoms with E-state index in [9.17, 15) is 9.59 Å². The second-order valence-corrected chi connectivity index (χ2v) is 9.05. The second-order valence-electron chi connectivity index (χ2n) is 7.33. The minimum Gasteiger partial charge on any atom is -0.366 e. The second kappa shape index (κ2) is 10.3. The highest BCUT2D eigenvalue weighted by Gasteiger charge is 2.19. The Morgan fingerprint density at radius 2 is 1.65 bits per heavy atom. The first-order valence-electron chi connectivity index (χ1n) is 10.2. The smallest absolute Gasteiger partial charge is 0.256 e. The van der Waals surface area contributed by atoms with Crippen LogP contribution in [0.1, 0.15) is 20.7 Å². The summed E-state index contributed by atoms with van der Waals surface area (Å²) in [7, 11) is 0. The molecule has 8 heteroatoms. The van der Waals surface area contributed by atoms with E-state index in [-0.39, 0.29) is 11.5 Å². The third kappa shape index (κ3) is 5.09. The molecule has 1 aromatic heterocycles. The van der Waals surface area contributed by atoms with Crippen LogP contribution in [0.15, 0.2) is 83.9 Å². The van der Waals surface area contributed by atoms with Gasteiger partial charge in [-0.25, -0.2) is 0 Å². The minimum absolute atomic E-state index is 0.278. The van der Waals surface area contributed by atoms with Crippen molar-refractivity contribution in [3.05, 3.63) is 100 Å². The number of halogens is 2. The minimum atomic E-state index is -0.606. The predicted octanol–water partition coefficient (Wildman–Crippen LogP) is 6.80. The number of anilines is 1. The molecule has 0 atom stereocenters. The maximum atomic E-state index is 13.4. The topological polar surface area (TPSA) is 85.1 Å². The lowest BCUT2D eigenvalue weighted by Gasteiger charge is -2.15. The monoisotopic (exact) mass is 507 g/mol. The highest BCUT2D eigenvalue weighted by atomic mass is 35.5. The fraction of sp³-hybridized carbons (Fsp3) is 0.0385. The van der Waals surface area contributed by atoms with Gasteiger partial charge in [0.1, 0.15) is 0 Å². The number of rotatable bonds is 6. The molecule has 0 radical (unpaired) electrons. The normalized spacial score (nSPS) is 10.7. The van der Waals surface area contributed by atoms with Gasteiger partial charge in [0.15, 0.2) is 0 Å². The molecule has 170 valence electrons. The van der Waals surface area contributed by atoms with Gasteiger partial charge in [-0.1, -0.05) is 29.3 Å². The van der Waals surface area contributed by atoms with Crippen LogP contribution < -0.4 is 11.1 Å². The molecule has 0 aliphatic rings. The van der Waals surface area contributed by atoms with Crippen molar-refractivity contribution in [2.45, 2.75) is 4.90 Å². The highest BCUT2D eigenvalue weighted by Crippen LogP contribution is 2.34. The van der Waals surface area contributed by atoms with E-state index in [1.807, 2.05) is 36.6 Å². The molecule has 0 bridgehead atoms. The average Bonchev–Trinajstić information content (AvgIpc) is 2.85. The van der Waals surface area contributed by atoms with Crippen molar-refractivity contribution in [2.75, 3.05) is 11.6 Å². The summed E-state index contributed by atoms with van der Waals surface area (Å²) in [5.41, 5.74) is 9.24. The first kappa shape index (κ1) is 23.8. The number of nitrogens with two attached hydrogens (primary N) is 1. The van der Waals surface area contributed by atoms with Crippen molar-refractivity contribution in [1.29, 1.82) is 0 Å². The maximum absolute atomic E-state index is 13.4. The molecule has 0 saturated heterocycles. The lowest BCUT2D eigenvalue weighted by Crippen LogP contribution is -2.16. The van der Waals surface area contributed by atoms with Crippen LogP contribution in [-0.4, -0.2) is 23.1 Å². The van der Waals surface area contributed by atoms with Crippen LogP contribution >= 0.6 is 35.0 Å². The van der Waals surface area contributed by atoms with Gasteiger partial charge in [0.2, 0.25) is 5.91 Å². The van der Waals surface area contributed by atoms with Crippen molar-refractivity contribution < 1.29 is 9.59 Å². The highest BCUT2D eigenvalue weighted by molar-refractivity contribution is 7.98. The zero-order valence-electron chi connectivity index (χ0n) is 18.0. The number of nitrogens with one attached hydrogen (secondary N) is 1. The number of hydrogen-bond acceptors (Lipinski definition) is 4. The van der Waals surface area contributed by atoms with Crippen LogP contribution in [0.2, 0.25) is 10.0 Å². The Labute approximate surface area is 211 Å². The summed E-state index contributed by atoms with van der Waals surface area (Å²) in [5, 5.41) is 3.87. The number of carbonyl (C=O) groups excluding carboxylic acids is 2. The predicted molar refractivity (Wildman–Crippen MR) is 140 cm³/mol. The molecule has 3 N–H and O–H groups in total. The molecule has 4 rings (SSSR count). The number of pyridine rings is 1. The molecule has 34 heavy (non-hydrogen) atoms. The number of aromatic nitrogens is 1. The lowest BCUT2D eigenvalue weighted by atomic mass is 9.94. The van der Waals surface area contributed by atoms with Gasteiger partial charge in [-0.2, -0.15) is 0 Å². The summed E-state index contributed by atoms with van der Waals surface area (Å²) < 4.78 is 0. The van der Waals surface area contributed by atoms with Crippen LogP contribution in [0.4, 0.5) is 5.69 Å². The van der Waals surface area contributed by atoms with Gasteiger partial charge >= 0.3 is 0 Å². The molecule has 0 aliphatic carbocycles. The molecule has 0 saturated carbocycles. The first-order valence-corrected chi connectivity index (χ1v) is 12.2. The van der Waals surface area contributed by atoms with Gasteiger partial charge in [0.05, 0.1) is 10.7 Å². The average molecular weight is 508 g/mol. The lowest BCUT2D eigenvalue weighted by molar-refractivity contribution is 0.0997. The number of primary amides is 1. The number of thioether (sulfide) groups is 1. The molecule has 1 heterocycles. The Balaban J connectivity index is 1.76. The van der Waals surface area contributed by atoms with E-state index in [1.165, 1.54) is 11.8 Å². The fourth-order valence-corrected chi connectivity index (χ4v) is 4.37. The van der Waals surface area contributed by atoms with Crippen LogP contribution in [0.5, 0.6) is 0 Å². The Hall–Kier alpha value is -3.32. The number of benzene rings is 3. The maximum Gasteiger partial charge on any atom is 0.256 e. The molecule has 5 nitrogen and oxygen atoms in total. The van der Waals surface area contributed by atoms with Crippen LogP contribution in [0, 0.1) is 0 Å². The summed E-state index contributed by atoms with van der Waals surface area (Å²) in [6.07, 6.45) is 3.61. The Morgan fingerprint density at radius 3 is 2.35 bits per heavy atom. The zero-order valence-corrected chi connectivity index (χ0v) is 20.3. The largest absolute Gasteiger partial charge is 0.366 e. The Morgan fingerprint density at radius 1 is 0.882 bits per heavy atom. The van der Waals surface area contributed by atoms with Crippen molar-refractivity contribution in [2.24, 2.45) is 5.73 Å². The van der Waals surface area contributed by atoms with Crippen molar-refractivity contribution in [3.8, 4) is 22.4 Å². The third-order valence-electron chi connectivity index (χ3n) is 5.17. The van der Waals surface area contributed by atoms with E-state index in [0.29, 0.717) is 43.7 Å². The van der Waals surface area contributed by atoms with E-state index in [2.05, 4.69) is 10.3 Å². The summed E-state index contributed by atoms with van der Waals surface area (Å²) in [6, 6.07) is 20.9. The van der Waals surface area contributed by atoms with Gasteiger partial charge in [0, 0.05) is 38.5 Å². The van der Waals surface area contributed by atoms with E-state index >= 15 is 0 Å². The number of amides is 2. The number of carbonyl (C=O) groups is 2. The summed E-state index contributed by atoms with van der Waals surface area (Å²) in [5.74, 6) is -0.961. The molecule has 2 amide bonds. The summed E-state index contributed by atoms with van der Waals surface area (Å²) in [6.45, 7) is 0. The van der Waals surface area contributed by atoms with Gasteiger partial charge in [0.25, 0.3) is 5.91 Å². The van der Waals surface area contributed by atoms with E-state index in [1.54, 1.807) is 48.7 Å². The van der Waals surface area contributed by atoms with E-state index < -0.39 is 5.91 Å². The van der Waals surface area contributed by atoms with Gasteiger partial charge in [-0.15, -0.1) is 11.8 Å². The number of hydrogen-bond donors (Lipinski definition) is 2. The van der Waals surface area contributed by atoms with E-state index in [4.69, 9.17) is 28.9 Å². The molecule has 0 unspecified atom stereocenters. The zero-order chi connectivity index (χ0) is 24.2. The van der Waals surface area contributed by atoms with Gasteiger partial charge in [-0.3, -0.25) is 14.6 Å². The molecule has 3 aromatic carbocycles. The van der Waals surface area contributed by atoms with E-state index in [0.717, 1.165) is 4.90 Å². The molecule has 0 spiro atoms. The standard InChI is InChI=1S/C26H19Cl2N3O2S/c1-34-17-7-9-19(21(14-17)20-12-15(27)5-8-18(20)25(29)32)26(33)31-16-6-10-23(28)22(13-16)24-4-2-3-11-30-24/h2-14H,1H3,(H2,29,32)(H,31,33).